The lowest BCUT2D eigenvalue weighted by molar-refractivity contribution is 0.343. The van der Waals surface area contributed by atoms with E-state index in [-0.39, 0.29) is 11.8 Å². The molecule has 0 bridgehead atoms. The molecule has 1 aromatic carbocycles. The fourth-order valence-electron chi connectivity index (χ4n) is 1.07. The van der Waals surface area contributed by atoms with Gasteiger partial charge in [-0.25, -0.2) is 4.39 Å². The minimum absolute atomic E-state index is 0.287. The average molecular weight is 202 g/mol. The van der Waals surface area contributed by atoms with Crippen molar-refractivity contribution in [3.05, 3.63) is 48.0 Å². The van der Waals surface area contributed by atoms with Crippen LogP contribution in [0.5, 0.6) is 11.7 Å². The van der Waals surface area contributed by atoms with Gasteiger partial charge in [0.2, 0.25) is 0 Å². The molecular weight excluding hydrogens is 195 g/mol. The van der Waals surface area contributed by atoms with Crippen molar-refractivity contribution < 1.29 is 13.5 Å². The van der Waals surface area contributed by atoms with Crippen LogP contribution in [0.2, 0.25) is 0 Å². The van der Waals surface area contributed by atoms with Crippen molar-refractivity contribution in [2.45, 2.75) is 0 Å². The number of benzene rings is 1. The molecule has 0 atom stereocenters. The van der Waals surface area contributed by atoms with Crippen molar-refractivity contribution in [3.8, 4) is 24.0 Å². The summed E-state index contributed by atoms with van der Waals surface area (Å²) in [6.45, 7) is 0. The summed E-state index contributed by atoms with van der Waals surface area (Å²) < 4.78 is 23.0. The minimum Gasteiger partial charge on any atom is -0.426 e. The Balaban J connectivity index is 2.15. The molecule has 2 nitrogen and oxygen atoms in total. The Labute approximate surface area is 86.3 Å². The molecule has 0 amide bonds. The van der Waals surface area contributed by atoms with Crippen LogP contribution >= 0.6 is 0 Å². The summed E-state index contributed by atoms with van der Waals surface area (Å²) >= 11 is 0. The van der Waals surface area contributed by atoms with Crippen LogP contribution in [0.3, 0.4) is 0 Å². The zero-order valence-corrected chi connectivity index (χ0v) is 7.74. The Morgan fingerprint density at radius 1 is 1.13 bits per heavy atom. The lowest BCUT2D eigenvalue weighted by atomic mass is 10.3. The number of halogens is 1. The van der Waals surface area contributed by atoms with E-state index in [9.17, 15) is 4.39 Å². The maximum atomic E-state index is 12.6. The van der Waals surface area contributed by atoms with Crippen molar-refractivity contribution in [2.24, 2.45) is 0 Å². The quantitative estimate of drug-likeness (QED) is 0.698. The van der Waals surface area contributed by atoms with Gasteiger partial charge in [0.25, 0.3) is 5.95 Å². The predicted octanol–water partition coefficient (Wildman–Crippen LogP) is 3.19. The standard InChI is InChI=1S/C12H7FO2/c1-2-10-7-8-12(14-10)15-11-5-3-9(13)4-6-11/h1,3-8H. The Morgan fingerprint density at radius 2 is 1.87 bits per heavy atom. The maximum Gasteiger partial charge on any atom is 0.291 e. The third-order valence-corrected chi connectivity index (χ3v) is 1.76. The highest BCUT2D eigenvalue weighted by atomic mass is 19.1. The molecule has 3 heteroatoms. The third kappa shape index (κ3) is 2.18. The van der Waals surface area contributed by atoms with Gasteiger partial charge in [-0.1, -0.05) is 0 Å². The lowest BCUT2D eigenvalue weighted by Crippen LogP contribution is -1.81. The Morgan fingerprint density at radius 3 is 2.47 bits per heavy atom. The minimum atomic E-state index is -0.314. The molecule has 1 heterocycles. The van der Waals surface area contributed by atoms with E-state index in [1.54, 1.807) is 12.1 Å². The summed E-state index contributed by atoms with van der Waals surface area (Å²) in [4.78, 5) is 0. The largest absolute Gasteiger partial charge is 0.426 e. The van der Waals surface area contributed by atoms with Crippen molar-refractivity contribution in [1.29, 1.82) is 0 Å². The molecule has 2 rings (SSSR count). The molecule has 0 spiro atoms. The van der Waals surface area contributed by atoms with Crippen LogP contribution < -0.4 is 4.74 Å². The number of hydrogen-bond donors (Lipinski definition) is 0. The molecule has 0 radical (unpaired) electrons. The Kier molecular flexibility index (Phi) is 2.42. The fraction of sp³-hybridized carbons (Fsp3) is 0. The molecule has 0 aliphatic carbocycles. The fourth-order valence-corrected chi connectivity index (χ4v) is 1.07. The van der Waals surface area contributed by atoms with E-state index >= 15 is 0 Å². The lowest BCUT2D eigenvalue weighted by Gasteiger charge is -2.00. The molecule has 0 saturated heterocycles. The first-order chi connectivity index (χ1) is 7.28. The van der Waals surface area contributed by atoms with Crippen LogP contribution in [0.15, 0.2) is 40.8 Å². The SMILES string of the molecule is C#Cc1ccc(Oc2ccc(F)cc2)o1. The van der Waals surface area contributed by atoms with Gasteiger partial charge in [-0.3, -0.25) is 0 Å². The van der Waals surface area contributed by atoms with Gasteiger partial charge < -0.3 is 9.15 Å². The molecule has 0 unspecified atom stereocenters. The summed E-state index contributed by atoms with van der Waals surface area (Å²) in [5, 5.41) is 0. The van der Waals surface area contributed by atoms with Crippen LogP contribution in [-0.4, -0.2) is 0 Å². The number of terminal acetylenes is 1. The van der Waals surface area contributed by atoms with Crippen LogP contribution in [0, 0.1) is 18.2 Å². The first kappa shape index (κ1) is 9.35. The molecule has 1 aromatic heterocycles. The summed E-state index contributed by atoms with van der Waals surface area (Å²) in [5.74, 6) is 3.20. The number of rotatable bonds is 2. The van der Waals surface area contributed by atoms with Crippen LogP contribution in [0.25, 0.3) is 0 Å². The monoisotopic (exact) mass is 202 g/mol. The topological polar surface area (TPSA) is 22.4 Å². The van der Waals surface area contributed by atoms with E-state index < -0.39 is 0 Å². The van der Waals surface area contributed by atoms with Crippen molar-refractivity contribution >= 4 is 0 Å². The van der Waals surface area contributed by atoms with Crippen molar-refractivity contribution in [1.82, 2.24) is 0 Å². The van der Waals surface area contributed by atoms with Crippen molar-refractivity contribution in [2.75, 3.05) is 0 Å². The van der Waals surface area contributed by atoms with Gasteiger partial charge in [0.05, 0.1) is 0 Å². The van der Waals surface area contributed by atoms with Crippen LogP contribution in [0.1, 0.15) is 5.76 Å². The average Bonchev–Trinajstić information content (AvgIpc) is 2.69. The van der Waals surface area contributed by atoms with Gasteiger partial charge in [0.15, 0.2) is 5.76 Å². The van der Waals surface area contributed by atoms with E-state index in [1.165, 1.54) is 24.3 Å². The van der Waals surface area contributed by atoms with E-state index in [1.807, 2.05) is 0 Å². The highest BCUT2D eigenvalue weighted by Gasteiger charge is 2.02. The summed E-state index contributed by atoms with van der Waals surface area (Å²) in [6, 6.07) is 8.86. The molecule has 0 saturated carbocycles. The molecular formula is C12H7FO2. The summed E-state index contributed by atoms with van der Waals surface area (Å²) in [7, 11) is 0. The highest BCUT2D eigenvalue weighted by molar-refractivity contribution is 5.29. The summed E-state index contributed by atoms with van der Waals surface area (Å²) in [6.07, 6.45) is 5.13. The molecule has 0 N–H and O–H groups in total. The normalized spacial score (nSPS) is 9.60. The first-order valence-electron chi connectivity index (χ1n) is 4.28. The second kappa shape index (κ2) is 3.89. The molecule has 74 valence electrons. The van der Waals surface area contributed by atoms with E-state index in [0.717, 1.165) is 0 Å². The smallest absolute Gasteiger partial charge is 0.291 e. The van der Waals surface area contributed by atoms with E-state index in [4.69, 9.17) is 15.6 Å². The van der Waals surface area contributed by atoms with Gasteiger partial charge >= 0.3 is 0 Å². The van der Waals surface area contributed by atoms with E-state index in [2.05, 4.69) is 5.92 Å². The maximum absolute atomic E-state index is 12.6. The van der Waals surface area contributed by atoms with Crippen LogP contribution in [0.4, 0.5) is 4.39 Å². The summed E-state index contributed by atoms with van der Waals surface area (Å²) in [5.41, 5.74) is 0. The number of hydrogen-bond acceptors (Lipinski definition) is 2. The molecule has 0 aliphatic heterocycles. The highest BCUT2D eigenvalue weighted by Crippen LogP contribution is 2.23. The van der Waals surface area contributed by atoms with Gasteiger partial charge in [0, 0.05) is 6.07 Å². The van der Waals surface area contributed by atoms with Crippen molar-refractivity contribution in [3.63, 3.8) is 0 Å². The molecule has 0 aliphatic rings. The second-order valence-corrected chi connectivity index (χ2v) is 2.82. The zero-order valence-electron chi connectivity index (χ0n) is 7.74. The Bertz CT molecular complexity index is 491. The number of furan rings is 1. The molecule has 0 fully saturated rings. The van der Waals surface area contributed by atoms with Gasteiger partial charge in [-0.15, -0.1) is 6.42 Å². The predicted molar refractivity (Wildman–Crippen MR) is 53.1 cm³/mol. The first-order valence-corrected chi connectivity index (χ1v) is 4.28. The second-order valence-electron chi connectivity index (χ2n) is 2.82. The van der Waals surface area contributed by atoms with Crippen LogP contribution in [-0.2, 0) is 0 Å². The van der Waals surface area contributed by atoms with Gasteiger partial charge in [0.1, 0.15) is 11.6 Å². The molecule has 15 heavy (non-hydrogen) atoms. The van der Waals surface area contributed by atoms with Gasteiger partial charge in [-0.05, 0) is 36.3 Å². The number of ether oxygens (including phenoxy) is 1. The van der Waals surface area contributed by atoms with E-state index in [0.29, 0.717) is 11.5 Å². The third-order valence-electron chi connectivity index (χ3n) is 1.76. The Hall–Kier alpha value is -2.21. The van der Waals surface area contributed by atoms with Gasteiger partial charge in [-0.2, -0.15) is 0 Å². The molecule has 2 aromatic rings. The zero-order chi connectivity index (χ0) is 10.7.